The van der Waals surface area contributed by atoms with Gasteiger partial charge in [-0.05, 0) is 42.3 Å². The first kappa shape index (κ1) is 13.7. The van der Waals surface area contributed by atoms with Crippen LogP contribution in [0.4, 0.5) is 0 Å². The highest BCUT2D eigenvalue weighted by molar-refractivity contribution is 9.10. The van der Waals surface area contributed by atoms with Gasteiger partial charge in [0.05, 0.1) is 0 Å². The Balaban J connectivity index is 2.17. The van der Waals surface area contributed by atoms with Crippen molar-refractivity contribution in [1.29, 1.82) is 0 Å². The van der Waals surface area contributed by atoms with E-state index in [1.54, 1.807) is 17.3 Å². The van der Waals surface area contributed by atoms with Gasteiger partial charge in [-0.15, -0.1) is 0 Å². The van der Waals surface area contributed by atoms with Crippen LogP contribution in [0.25, 0.3) is 0 Å². The van der Waals surface area contributed by atoms with Gasteiger partial charge < -0.3 is 4.90 Å². The predicted molar refractivity (Wildman–Crippen MR) is 78.9 cm³/mol. The van der Waals surface area contributed by atoms with Gasteiger partial charge in [-0.1, -0.05) is 22.0 Å². The second kappa shape index (κ2) is 5.97. The van der Waals surface area contributed by atoms with Gasteiger partial charge in [0.1, 0.15) is 0 Å². The highest BCUT2D eigenvalue weighted by Gasteiger charge is 2.14. The molecular weight excluding hydrogens is 304 g/mol. The minimum atomic E-state index is 0.0237. The maximum atomic E-state index is 12.4. The van der Waals surface area contributed by atoms with Crippen LogP contribution in [0.3, 0.4) is 0 Å². The molecular formula is C15H15BrN2O. The molecule has 0 spiro atoms. The molecule has 0 N–H and O–H groups in total. The van der Waals surface area contributed by atoms with Crippen LogP contribution < -0.4 is 0 Å². The largest absolute Gasteiger partial charge is 0.337 e. The fourth-order valence-corrected chi connectivity index (χ4v) is 2.23. The summed E-state index contributed by atoms with van der Waals surface area (Å²) >= 11 is 3.40. The molecule has 98 valence electrons. The fraction of sp³-hybridized carbons (Fsp3) is 0.200. The zero-order valence-electron chi connectivity index (χ0n) is 10.9. The summed E-state index contributed by atoms with van der Waals surface area (Å²) in [6.45, 7) is 2.52. The topological polar surface area (TPSA) is 33.2 Å². The molecule has 0 aliphatic heterocycles. The van der Waals surface area contributed by atoms with Crippen molar-refractivity contribution in [1.82, 2.24) is 9.88 Å². The quantitative estimate of drug-likeness (QED) is 0.868. The third kappa shape index (κ3) is 3.41. The summed E-state index contributed by atoms with van der Waals surface area (Å²) in [5.41, 5.74) is 2.78. The number of amides is 1. The first-order chi connectivity index (χ1) is 9.08. The van der Waals surface area contributed by atoms with E-state index in [1.165, 1.54) is 0 Å². The third-order valence-corrected chi connectivity index (χ3v) is 3.44. The minimum Gasteiger partial charge on any atom is -0.337 e. The van der Waals surface area contributed by atoms with Gasteiger partial charge >= 0.3 is 0 Å². The van der Waals surface area contributed by atoms with Crippen molar-refractivity contribution in [2.75, 3.05) is 7.05 Å². The van der Waals surface area contributed by atoms with Crippen LogP contribution in [-0.2, 0) is 6.54 Å². The molecule has 0 atom stereocenters. The molecule has 19 heavy (non-hydrogen) atoms. The standard InChI is InChI=1S/C15H15BrN2O/c1-11-3-4-13(16)9-14(11)15(19)18(2)10-12-5-7-17-8-6-12/h3-9H,10H2,1-2H3. The molecule has 0 aliphatic rings. The van der Waals surface area contributed by atoms with Crippen molar-refractivity contribution in [3.05, 3.63) is 63.9 Å². The normalized spacial score (nSPS) is 10.3. The van der Waals surface area contributed by atoms with Crippen LogP contribution in [0.2, 0.25) is 0 Å². The van der Waals surface area contributed by atoms with E-state index in [1.807, 2.05) is 44.3 Å². The Morgan fingerprint density at radius 1 is 1.26 bits per heavy atom. The van der Waals surface area contributed by atoms with Gasteiger partial charge in [0.25, 0.3) is 5.91 Å². The number of hydrogen-bond acceptors (Lipinski definition) is 2. The zero-order valence-corrected chi connectivity index (χ0v) is 12.5. The van der Waals surface area contributed by atoms with Crippen molar-refractivity contribution >= 4 is 21.8 Å². The van der Waals surface area contributed by atoms with E-state index in [0.717, 1.165) is 21.2 Å². The molecule has 1 amide bonds. The number of halogens is 1. The molecule has 0 saturated carbocycles. The lowest BCUT2D eigenvalue weighted by Gasteiger charge is -2.18. The van der Waals surface area contributed by atoms with Crippen LogP contribution in [0.15, 0.2) is 47.2 Å². The molecule has 2 rings (SSSR count). The number of pyridine rings is 1. The Bertz CT molecular complexity index is 584. The summed E-state index contributed by atoms with van der Waals surface area (Å²) in [5.74, 6) is 0.0237. The fourth-order valence-electron chi connectivity index (χ4n) is 1.86. The van der Waals surface area contributed by atoms with Crippen molar-refractivity contribution in [3.63, 3.8) is 0 Å². The summed E-state index contributed by atoms with van der Waals surface area (Å²) in [6.07, 6.45) is 3.47. The van der Waals surface area contributed by atoms with Crippen LogP contribution in [0.1, 0.15) is 21.5 Å². The predicted octanol–water partition coefficient (Wildman–Crippen LogP) is 3.42. The van der Waals surface area contributed by atoms with Crippen LogP contribution in [-0.4, -0.2) is 22.8 Å². The molecule has 1 aromatic heterocycles. The summed E-state index contributed by atoms with van der Waals surface area (Å²) in [7, 11) is 1.81. The van der Waals surface area contributed by atoms with Crippen molar-refractivity contribution < 1.29 is 4.79 Å². The van der Waals surface area contributed by atoms with Gasteiger partial charge in [-0.3, -0.25) is 9.78 Å². The number of carbonyl (C=O) groups excluding carboxylic acids is 1. The second-order valence-electron chi connectivity index (χ2n) is 4.48. The maximum Gasteiger partial charge on any atom is 0.254 e. The minimum absolute atomic E-state index is 0.0237. The Hall–Kier alpha value is -1.68. The van der Waals surface area contributed by atoms with Crippen LogP contribution >= 0.6 is 15.9 Å². The van der Waals surface area contributed by atoms with Gasteiger partial charge in [-0.25, -0.2) is 0 Å². The SMILES string of the molecule is Cc1ccc(Br)cc1C(=O)N(C)Cc1ccncc1. The highest BCUT2D eigenvalue weighted by Crippen LogP contribution is 2.18. The Kier molecular flexibility index (Phi) is 4.32. The first-order valence-corrected chi connectivity index (χ1v) is 6.78. The highest BCUT2D eigenvalue weighted by atomic mass is 79.9. The van der Waals surface area contributed by atoms with E-state index in [2.05, 4.69) is 20.9 Å². The molecule has 0 aliphatic carbocycles. The molecule has 3 nitrogen and oxygen atoms in total. The van der Waals surface area contributed by atoms with E-state index >= 15 is 0 Å². The summed E-state index contributed by atoms with van der Waals surface area (Å²) in [5, 5.41) is 0. The van der Waals surface area contributed by atoms with Crippen LogP contribution in [0.5, 0.6) is 0 Å². The molecule has 2 aromatic rings. The smallest absolute Gasteiger partial charge is 0.254 e. The van der Waals surface area contributed by atoms with Gasteiger partial charge in [-0.2, -0.15) is 0 Å². The van der Waals surface area contributed by atoms with Crippen LogP contribution in [0, 0.1) is 6.92 Å². The van der Waals surface area contributed by atoms with Gasteiger partial charge in [0.2, 0.25) is 0 Å². The summed E-state index contributed by atoms with van der Waals surface area (Å²) in [4.78, 5) is 18.1. The summed E-state index contributed by atoms with van der Waals surface area (Å²) < 4.78 is 0.916. The lowest BCUT2D eigenvalue weighted by molar-refractivity contribution is 0.0784. The number of carbonyl (C=O) groups is 1. The first-order valence-electron chi connectivity index (χ1n) is 5.98. The number of aryl methyl sites for hydroxylation is 1. The van der Waals surface area contributed by atoms with Crippen molar-refractivity contribution in [2.45, 2.75) is 13.5 Å². The molecule has 0 unspecified atom stereocenters. The number of hydrogen-bond donors (Lipinski definition) is 0. The van der Waals surface area contributed by atoms with Gasteiger partial charge in [0, 0.05) is 36.0 Å². The lowest BCUT2D eigenvalue weighted by Crippen LogP contribution is -2.26. The molecule has 0 saturated heterocycles. The average molecular weight is 319 g/mol. The monoisotopic (exact) mass is 318 g/mol. The number of nitrogens with zero attached hydrogens (tertiary/aromatic N) is 2. The maximum absolute atomic E-state index is 12.4. The Morgan fingerprint density at radius 3 is 2.63 bits per heavy atom. The lowest BCUT2D eigenvalue weighted by atomic mass is 10.1. The van der Waals surface area contributed by atoms with Gasteiger partial charge in [0.15, 0.2) is 0 Å². The molecule has 4 heteroatoms. The molecule has 1 heterocycles. The van der Waals surface area contributed by atoms with E-state index in [0.29, 0.717) is 6.54 Å². The zero-order chi connectivity index (χ0) is 13.8. The molecule has 0 radical (unpaired) electrons. The third-order valence-electron chi connectivity index (χ3n) is 2.95. The second-order valence-corrected chi connectivity index (χ2v) is 5.39. The summed E-state index contributed by atoms with van der Waals surface area (Å²) in [6, 6.07) is 9.57. The Morgan fingerprint density at radius 2 is 1.95 bits per heavy atom. The Labute approximate surface area is 121 Å². The van der Waals surface area contributed by atoms with E-state index in [4.69, 9.17) is 0 Å². The van der Waals surface area contributed by atoms with E-state index in [9.17, 15) is 4.79 Å². The van der Waals surface area contributed by atoms with E-state index in [-0.39, 0.29) is 5.91 Å². The van der Waals surface area contributed by atoms with Crippen molar-refractivity contribution in [3.8, 4) is 0 Å². The number of rotatable bonds is 3. The number of benzene rings is 1. The van der Waals surface area contributed by atoms with E-state index < -0.39 is 0 Å². The molecule has 0 bridgehead atoms. The average Bonchev–Trinajstić information content (AvgIpc) is 2.42. The van der Waals surface area contributed by atoms with Crippen molar-refractivity contribution in [2.24, 2.45) is 0 Å². The molecule has 0 fully saturated rings. The molecule has 1 aromatic carbocycles. The number of aromatic nitrogens is 1.